The highest BCUT2D eigenvalue weighted by atomic mass is 16.2. The summed E-state index contributed by atoms with van der Waals surface area (Å²) in [5.74, 6) is 1.56. The van der Waals surface area contributed by atoms with E-state index in [0.29, 0.717) is 11.2 Å². The third kappa shape index (κ3) is 2.65. The van der Waals surface area contributed by atoms with E-state index in [-0.39, 0.29) is 11.2 Å². The Kier molecular flexibility index (Phi) is 4.25. The molecule has 0 bridgehead atoms. The molecule has 0 N–H and O–H groups in total. The largest absolute Gasteiger partial charge is 0.332 e. The summed E-state index contributed by atoms with van der Waals surface area (Å²) < 4.78 is 6.69. The van der Waals surface area contributed by atoms with Gasteiger partial charge in [-0.25, -0.2) is 4.79 Å². The molecule has 1 saturated heterocycles. The molecular weight excluding hydrogens is 344 g/mol. The van der Waals surface area contributed by atoms with Gasteiger partial charge in [-0.1, -0.05) is 6.92 Å². The smallest absolute Gasteiger partial charge is 0.313 e. The molecule has 27 heavy (non-hydrogen) atoms. The van der Waals surface area contributed by atoms with Gasteiger partial charge < -0.3 is 9.47 Å². The van der Waals surface area contributed by atoms with Gasteiger partial charge in [-0.05, 0) is 45.7 Å². The second-order valence-electron chi connectivity index (χ2n) is 7.97. The molecule has 0 aromatic carbocycles. The van der Waals surface area contributed by atoms with Gasteiger partial charge in [0.2, 0.25) is 5.78 Å². The number of rotatable bonds is 3. The van der Waals surface area contributed by atoms with Crippen molar-refractivity contribution in [2.24, 2.45) is 20.0 Å². The molecule has 3 aromatic heterocycles. The lowest BCUT2D eigenvalue weighted by molar-refractivity contribution is 0.187. The van der Waals surface area contributed by atoms with Gasteiger partial charge in [-0.2, -0.15) is 4.98 Å². The first-order valence-electron chi connectivity index (χ1n) is 9.67. The van der Waals surface area contributed by atoms with Crippen molar-refractivity contribution in [2.45, 2.75) is 40.2 Å². The number of aromatic nitrogens is 5. The molecule has 3 aromatic rings. The predicted octanol–water partition coefficient (Wildman–Crippen LogP) is 1.04. The molecule has 8 nitrogen and oxygen atoms in total. The summed E-state index contributed by atoms with van der Waals surface area (Å²) in [6.45, 7) is 10.5. The van der Waals surface area contributed by atoms with Crippen LogP contribution in [0.4, 0.5) is 0 Å². The third-order valence-electron chi connectivity index (χ3n) is 6.26. The highest BCUT2D eigenvalue weighted by Gasteiger charge is 2.22. The molecule has 1 aliphatic rings. The minimum Gasteiger partial charge on any atom is -0.313 e. The number of fused-ring (bicyclic) bond motifs is 3. The first-order valence-corrected chi connectivity index (χ1v) is 9.67. The third-order valence-corrected chi connectivity index (χ3v) is 6.26. The number of piperidine rings is 1. The van der Waals surface area contributed by atoms with Crippen molar-refractivity contribution in [1.29, 1.82) is 0 Å². The molecule has 8 heteroatoms. The van der Waals surface area contributed by atoms with Crippen LogP contribution in [0.1, 0.15) is 31.2 Å². The zero-order valence-corrected chi connectivity index (χ0v) is 16.8. The van der Waals surface area contributed by atoms with Crippen LogP contribution < -0.4 is 11.2 Å². The molecule has 4 rings (SSSR count). The molecule has 0 atom stereocenters. The van der Waals surface area contributed by atoms with Crippen molar-refractivity contribution in [1.82, 2.24) is 28.0 Å². The highest BCUT2D eigenvalue weighted by Crippen LogP contribution is 2.21. The van der Waals surface area contributed by atoms with Gasteiger partial charge in [-0.3, -0.25) is 18.3 Å². The minimum atomic E-state index is -0.350. The zero-order chi connectivity index (χ0) is 19.5. The highest BCUT2D eigenvalue weighted by molar-refractivity contribution is 5.76. The monoisotopic (exact) mass is 372 g/mol. The Morgan fingerprint density at radius 3 is 2.33 bits per heavy atom. The predicted molar refractivity (Wildman–Crippen MR) is 105 cm³/mol. The molecule has 1 fully saturated rings. The van der Waals surface area contributed by atoms with Crippen molar-refractivity contribution < 1.29 is 0 Å². The lowest BCUT2D eigenvalue weighted by atomic mass is 9.99. The van der Waals surface area contributed by atoms with Crippen molar-refractivity contribution in [3.8, 4) is 0 Å². The van der Waals surface area contributed by atoms with Gasteiger partial charge in [0.15, 0.2) is 11.2 Å². The summed E-state index contributed by atoms with van der Waals surface area (Å²) in [7, 11) is 3.18. The molecule has 0 spiro atoms. The Balaban J connectivity index is 1.81. The molecule has 146 valence electrons. The van der Waals surface area contributed by atoms with Crippen molar-refractivity contribution in [3.63, 3.8) is 0 Å². The normalized spacial score (nSPS) is 16.8. The Hall–Kier alpha value is -2.35. The van der Waals surface area contributed by atoms with Crippen LogP contribution in [0.25, 0.3) is 16.9 Å². The summed E-state index contributed by atoms with van der Waals surface area (Å²) in [6.07, 6.45) is 2.51. The number of nitrogens with zero attached hydrogens (tertiary/aromatic N) is 6. The average molecular weight is 372 g/mol. The van der Waals surface area contributed by atoms with E-state index in [9.17, 15) is 9.59 Å². The van der Waals surface area contributed by atoms with Crippen molar-refractivity contribution >= 4 is 16.9 Å². The standard InChI is InChI=1S/C19H28N6O2/c1-12-6-8-23(9-7-12)10-11-24-13(2)14(3)25-15-16(20-18(24)25)21(4)19(27)22(5)17(15)26/h12H,6-11H2,1-5H3. The molecule has 4 heterocycles. The lowest BCUT2D eigenvalue weighted by Gasteiger charge is -2.30. The fourth-order valence-corrected chi connectivity index (χ4v) is 4.18. The van der Waals surface area contributed by atoms with E-state index in [2.05, 4.69) is 23.3 Å². The van der Waals surface area contributed by atoms with Gasteiger partial charge in [0.1, 0.15) is 0 Å². The second kappa shape index (κ2) is 6.37. The van der Waals surface area contributed by atoms with Crippen LogP contribution in [0, 0.1) is 19.8 Å². The van der Waals surface area contributed by atoms with Gasteiger partial charge in [0.25, 0.3) is 5.56 Å². The molecule has 0 radical (unpaired) electrons. The van der Waals surface area contributed by atoms with Crippen LogP contribution in [0.5, 0.6) is 0 Å². The quantitative estimate of drug-likeness (QED) is 0.689. The van der Waals surface area contributed by atoms with E-state index < -0.39 is 0 Å². The summed E-state index contributed by atoms with van der Waals surface area (Å²) in [5, 5.41) is 0. The Bertz CT molecular complexity index is 1140. The van der Waals surface area contributed by atoms with E-state index in [1.807, 2.05) is 11.3 Å². The Labute approximate surface area is 157 Å². The number of aryl methyl sites for hydroxylation is 2. The molecular formula is C19H28N6O2. The van der Waals surface area contributed by atoms with Crippen molar-refractivity contribution in [2.75, 3.05) is 19.6 Å². The summed E-state index contributed by atoms with van der Waals surface area (Å²) >= 11 is 0. The molecule has 0 aliphatic carbocycles. The van der Waals surface area contributed by atoms with E-state index in [4.69, 9.17) is 4.98 Å². The van der Waals surface area contributed by atoms with Gasteiger partial charge >= 0.3 is 5.69 Å². The van der Waals surface area contributed by atoms with Crippen LogP contribution in [-0.2, 0) is 20.6 Å². The first kappa shape index (κ1) is 18.0. The fourth-order valence-electron chi connectivity index (χ4n) is 4.18. The number of imidazole rings is 2. The van der Waals surface area contributed by atoms with E-state index in [0.717, 1.165) is 53.8 Å². The lowest BCUT2D eigenvalue weighted by Crippen LogP contribution is -2.37. The minimum absolute atomic E-state index is 0.300. The van der Waals surface area contributed by atoms with Crippen LogP contribution in [0.2, 0.25) is 0 Å². The average Bonchev–Trinajstić information content (AvgIpc) is 3.15. The first-order chi connectivity index (χ1) is 12.8. The summed E-state index contributed by atoms with van der Waals surface area (Å²) in [4.78, 5) is 32.2. The number of hydrogen-bond donors (Lipinski definition) is 0. The Morgan fingerprint density at radius 2 is 1.67 bits per heavy atom. The Morgan fingerprint density at radius 1 is 1.00 bits per heavy atom. The van der Waals surface area contributed by atoms with Gasteiger partial charge in [-0.15, -0.1) is 0 Å². The van der Waals surface area contributed by atoms with Crippen LogP contribution in [0.3, 0.4) is 0 Å². The van der Waals surface area contributed by atoms with Crippen LogP contribution in [-0.4, -0.2) is 47.6 Å². The molecule has 1 aliphatic heterocycles. The number of likely N-dealkylation sites (tertiary alicyclic amines) is 1. The fraction of sp³-hybridized carbons (Fsp3) is 0.632. The maximum absolute atomic E-state index is 12.8. The molecule has 0 unspecified atom stereocenters. The summed E-state index contributed by atoms with van der Waals surface area (Å²) in [6, 6.07) is 0. The van der Waals surface area contributed by atoms with Crippen molar-refractivity contribution in [3.05, 3.63) is 32.2 Å². The number of hydrogen-bond acceptors (Lipinski definition) is 4. The van der Waals surface area contributed by atoms with E-state index >= 15 is 0 Å². The van der Waals surface area contributed by atoms with Gasteiger partial charge in [0, 0.05) is 38.6 Å². The second-order valence-corrected chi connectivity index (χ2v) is 7.97. The van der Waals surface area contributed by atoms with Gasteiger partial charge in [0.05, 0.1) is 0 Å². The SMILES string of the molecule is Cc1c(C)n2c3c(=O)n(C)c(=O)n(C)c3nc2n1CCN1CCC(C)CC1. The molecule has 0 amide bonds. The topological polar surface area (TPSA) is 69.5 Å². The van der Waals surface area contributed by atoms with E-state index in [1.165, 1.54) is 24.5 Å². The van der Waals surface area contributed by atoms with E-state index in [1.54, 1.807) is 7.05 Å². The van der Waals surface area contributed by atoms with Crippen LogP contribution >= 0.6 is 0 Å². The molecule has 0 saturated carbocycles. The maximum atomic E-state index is 12.8. The summed E-state index contributed by atoms with van der Waals surface area (Å²) in [5.41, 5.74) is 2.38. The maximum Gasteiger partial charge on any atom is 0.332 e. The van der Waals surface area contributed by atoms with Crippen LogP contribution in [0.15, 0.2) is 9.59 Å². The zero-order valence-electron chi connectivity index (χ0n) is 16.8.